The van der Waals surface area contributed by atoms with Crippen molar-refractivity contribution >= 4 is 5.91 Å². The van der Waals surface area contributed by atoms with Gasteiger partial charge in [0.25, 0.3) is 5.91 Å². The van der Waals surface area contributed by atoms with Gasteiger partial charge >= 0.3 is 0 Å². The van der Waals surface area contributed by atoms with Crippen LogP contribution >= 0.6 is 0 Å². The molecule has 0 bridgehead atoms. The molecule has 4 nitrogen and oxygen atoms in total. The van der Waals surface area contributed by atoms with Crippen LogP contribution in [0, 0.1) is 5.92 Å². The van der Waals surface area contributed by atoms with E-state index in [9.17, 15) is 4.79 Å². The summed E-state index contributed by atoms with van der Waals surface area (Å²) in [5, 5.41) is 0. The van der Waals surface area contributed by atoms with Crippen molar-refractivity contribution in [2.24, 2.45) is 5.92 Å². The maximum atomic E-state index is 11.7. The molecule has 1 aliphatic carbocycles. The highest BCUT2D eigenvalue weighted by molar-refractivity contribution is 5.90. The third-order valence-corrected chi connectivity index (χ3v) is 2.98. The van der Waals surface area contributed by atoms with Gasteiger partial charge in [-0.25, -0.2) is 4.98 Å². The predicted molar refractivity (Wildman–Crippen MR) is 68.9 cm³/mol. The van der Waals surface area contributed by atoms with Gasteiger partial charge < -0.3 is 4.74 Å². The van der Waals surface area contributed by atoms with Crippen LogP contribution in [0.2, 0.25) is 0 Å². The van der Waals surface area contributed by atoms with Gasteiger partial charge in [-0.15, -0.1) is 0 Å². The second-order valence-electron chi connectivity index (χ2n) is 4.25. The summed E-state index contributed by atoms with van der Waals surface area (Å²) >= 11 is 0. The predicted octanol–water partition coefficient (Wildman–Crippen LogP) is 2.58. The fourth-order valence-electron chi connectivity index (χ4n) is 1.86. The number of ether oxygens (including phenoxy) is 1. The Kier molecular flexibility index (Phi) is 3.77. The first-order valence-electron chi connectivity index (χ1n) is 5.86. The summed E-state index contributed by atoms with van der Waals surface area (Å²) < 4.78 is 6.65. The summed E-state index contributed by atoms with van der Waals surface area (Å²) in [4.78, 5) is 15.6. The Morgan fingerprint density at radius 3 is 3.00 bits per heavy atom. The molecule has 94 valence electrons. The monoisotopic (exact) mass is 244 g/mol. The number of carbonyl (C=O) groups excluding carboxylic acids is 1. The van der Waals surface area contributed by atoms with Gasteiger partial charge in [-0.3, -0.25) is 9.36 Å². The van der Waals surface area contributed by atoms with Crippen molar-refractivity contribution < 1.29 is 9.53 Å². The van der Waals surface area contributed by atoms with Gasteiger partial charge in [0.2, 0.25) is 0 Å². The molecule has 0 spiro atoms. The Morgan fingerprint density at radius 2 is 2.39 bits per heavy atom. The summed E-state index contributed by atoms with van der Waals surface area (Å²) in [6.45, 7) is 2.11. The Morgan fingerprint density at radius 1 is 1.56 bits per heavy atom. The average molecular weight is 244 g/mol. The molecule has 2 rings (SSSR count). The summed E-state index contributed by atoms with van der Waals surface area (Å²) in [6, 6.07) is 0. The van der Waals surface area contributed by atoms with E-state index in [1.165, 1.54) is 10.9 Å². The molecule has 0 fully saturated rings. The highest BCUT2D eigenvalue weighted by Crippen LogP contribution is 2.25. The maximum Gasteiger partial charge on any atom is 0.255 e. The minimum Gasteiger partial charge on any atom is -0.501 e. The largest absolute Gasteiger partial charge is 0.501 e. The zero-order chi connectivity index (χ0) is 13.0. The quantitative estimate of drug-likeness (QED) is 0.767. The normalized spacial score (nSPS) is 19.6. The molecule has 4 heteroatoms. The number of aromatic nitrogens is 2. The minimum atomic E-state index is -0.0953. The van der Waals surface area contributed by atoms with E-state index >= 15 is 0 Å². The van der Waals surface area contributed by atoms with Crippen LogP contribution in [0.25, 0.3) is 0 Å². The SMILES string of the molecule is COC1=CC=C(/C=C/C(=O)n2ccnc2)C(C)C1. The summed E-state index contributed by atoms with van der Waals surface area (Å²) in [5.41, 5.74) is 1.13. The van der Waals surface area contributed by atoms with Gasteiger partial charge in [0.05, 0.1) is 12.9 Å². The number of imidazole rings is 1. The lowest BCUT2D eigenvalue weighted by atomic mass is 9.92. The first kappa shape index (κ1) is 12.4. The summed E-state index contributed by atoms with van der Waals surface area (Å²) in [5.74, 6) is 1.24. The number of methoxy groups -OCH3 is 1. The topological polar surface area (TPSA) is 44.1 Å². The molecule has 1 heterocycles. The third kappa shape index (κ3) is 2.77. The zero-order valence-electron chi connectivity index (χ0n) is 10.5. The molecule has 1 atom stereocenters. The van der Waals surface area contributed by atoms with E-state index in [1.54, 1.807) is 25.6 Å². The van der Waals surface area contributed by atoms with E-state index in [-0.39, 0.29) is 5.91 Å². The first-order chi connectivity index (χ1) is 8.70. The van der Waals surface area contributed by atoms with Gasteiger partial charge in [-0.1, -0.05) is 19.1 Å². The Bertz CT molecular complexity index is 510. The number of rotatable bonds is 3. The Hall–Kier alpha value is -2.10. The molecule has 0 radical (unpaired) electrons. The van der Waals surface area contributed by atoms with Crippen LogP contribution in [-0.2, 0) is 4.74 Å². The van der Waals surface area contributed by atoms with E-state index in [0.29, 0.717) is 5.92 Å². The first-order valence-corrected chi connectivity index (χ1v) is 5.86. The molecular weight excluding hydrogens is 228 g/mol. The van der Waals surface area contributed by atoms with E-state index in [4.69, 9.17) is 4.74 Å². The third-order valence-electron chi connectivity index (χ3n) is 2.98. The molecule has 1 aliphatic rings. The standard InChI is InChI=1S/C14H16N2O2/c1-11-9-13(18-2)5-3-12(11)4-6-14(17)16-8-7-15-10-16/h3-8,10-11H,9H2,1-2H3/b6-4+. The summed E-state index contributed by atoms with van der Waals surface area (Å²) in [7, 11) is 1.68. The molecule has 0 N–H and O–H groups in total. The molecule has 0 amide bonds. The molecule has 0 aromatic carbocycles. The lowest BCUT2D eigenvalue weighted by Gasteiger charge is -2.18. The molecule has 18 heavy (non-hydrogen) atoms. The average Bonchev–Trinajstić information content (AvgIpc) is 2.90. The fourth-order valence-corrected chi connectivity index (χ4v) is 1.86. The van der Waals surface area contributed by atoms with Crippen molar-refractivity contribution in [2.75, 3.05) is 7.11 Å². The number of carbonyl (C=O) groups is 1. The highest BCUT2D eigenvalue weighted by Gasteiger charge is 2.13. The van der Waals surface area contributed by atoms with Crippen LogP contribution in [0.15, 0.2) is 54.4 Å². The van der Waals surface area contributed by atoms with Crippen LogP contribution in [-0.4, -0.2) is 22.6 Å². The molecule has 1 aromatic rings. The van der Waals surface area contributed by atoms with Crippen LogP contribution in [0.3, 0.4) is 0 Å². The van der Waals surface area contributed by atoms with Crippen molar-refractivity contribution in [1.82, 2.24) is 9.55 Å². The highest BCUT2D eigenvalue weighted by atomic mass is 16.5. The van der Waals surface area contributed by atoms with Crippen molar-refractivity contribution in [2.45, 2.75) is 13.3 Å². The van der Waals surface area contributed by atoms with Crippen molar-refractivity contribution in [3.8, 4) is 0 Å². The second kappa shape index (κ2) is 5.49. The summed E-state index contributed by atoms with van der Waals surface area (Å²) in [6.07, 6.45) is 12.9. The number of nitrogens with zero attached hydrogens (tertiary/aromatic N) is 2. The molecular formula is C14H16N2O2. The maximum absolute atomic E-state index is 11.7. The van der Waals surface area contributed by atoms with Crippen molar-refractivity contribution in [3.63, 3.8) is 0 Å². The van der Waals surface area contributed by atoms with E-state index < -0.39 is 0 Å². The van der Waals surface area contributed by atoms with Gasteiger partial charge in [0, 0.05) is 24.9 Å². The second-order valence-corrected chi connectivity index (χ2v) is 4.25. The molecule has 0 saturated heterocycles. The molecule has 1 unspecified atom stereocenters. The smallest absolute Gasteiger partial charge is 0.255 e. The van der Waals surface area contributed by atoms with Crippen LogP contribution < -0.4 is 0 Å². The van der Waals surface area contributed by atoms with Crippen molar-refractivity contribution in [1.29, 1.82) is 0 Å². The van der Waals surface area contributed by atoms with E-state index in [1.807, 2.05) is 18.2 Å². The fraction of sp³-hybridized carbons (Fsp3) is 0.286. The number of allylic oxidation sites excluding steroid dienone is 6. The number of hydrogen-bond acceptors (Lipinski definition) is 3. The van der Waals surface area contributed by atoms with E-state index in [2.05, 4.69) is 11.9 Å². The van der Waals surface area contributed by atoms with Gasteiger partial charge in [-0.2, -0.15) is 0 Å². The Balaban J connectivity index is 2.08. The minimum absolute atomic E-state index is 0.0953. The zero-order valence-corrected chi connectivity index (χ0v) is 10.5. The van der Waals surface area contributed by atoms with Crippen LogP contribution in [0.5, 0.6) is 0 Å². The Labute approximate surface area is 106 Å². The van der Waals surface area contributed by atoms with Crippen molar-refractivity contribution in [3.05, 3.63) is 54.4 Å². The van der Waals surface area contributed by atoms with Gasteiger partial charge in [0.15, 0.2) is 0 Å². The van der Waals surface area contributed by atoms with Crippen LogP contribution in [0.1, 0.15) is 18.1 Å². The molecule has 0 saturated carbocycles. The molecule has 1 aromatic heterocycles. The lowest BCUT2D eigenvalue weighted by Crippen LogP contribution is -2.07. The van der Waals surface area contributed by atoms with Gasteiger partial charge in [0.1, 0.15) is 6.33 Å². The van der Waals surface area contributed by atoms with Gasteiger partial charge in [-0.05, 0) is 17.6 Å². The lowest BCUT2D eigenvalue weighted by molar-refractivity contribution is 0.0968. The van der Waals surface area contributed by atoms with E-state index in [0.717, 1.165) is 17.8 Å². The number of hydrogen-bond donors (Lipinski definition) is 0. The molecule has 0 aliphatic heterocycles. The van der Waals surface area contributed by atoms with Crippen LogP contribution in [0.4, 0.5) is 0 Å².